The van der Waals surface area contributed by atoms with Gasteiger partial charge in [0.25, 0.3) is 0 Å². The summed E-state index contributed by atoms with van der Waals surface area (Å²) < 4.78 is 0. The van der Waals surface area contributed by atoms with Crippen LogP contribution in [0.3, 0.4) is 0 Å². The lowest BCUT2D eigenvalue weighted by molar-refractivity contribution is -0.137. The molecule has 0 aromatic rings. The maximum Gasteiger partial charge on any atom is 0.304 e. The van der Waals surface area contributed by atoms with Crippen molar-refractivity contribution in [3.8, 4) is 0 Å². The third-order valence-electron chi connectivity index (χ3n) is 2.49. The molecule has 0 bridgehead atoms. The lowest BCUT2D eigenvalue weighted by Gasteiger charge is -2.36. The SMILES string of the molecule is CCCN1CC(C)NC(CC(=O)O)C1. The molecule has 1 saturated heterocycles. The smallest absolute Gasteiger partial charge is 0.304 e. The molecule has 4 nitrogen and oxygen atoms in total. The van der Waals surface area contributed by atoms with E-state index in [2.05, 4.69) is 24.1 Å². The van der Waals surface area contributed by atoms with Gasteiger partial charge < -0.3 is 15.3 Å². The Morgan fingerprint density at radius 1 is 1.57 bits per heavy atom. The summed E-state index contributed by atoms with van der Waals surface area (Å²) in [6.45, 7) is 7.23. The highest BCUT2D eigenvalue weighted by Crippen LogP contribution is 2.07. The first-order chi connectivity index (χ1) is 6.61. The Hall–Kier alpha value is -0.610. The van der Waals surface area contributed by atoms with E-state index in [9.17, 15) is 4.79 Å². The monoisotopic (exact) mass is 200 g/mol. The normalized spacial score (nSPS) is 29.0. The van der Waals surface area contributed by atoms with Crippen molar-refractivity contribution in [2.45, 2.75) is 38.8 Å². The van der Waals surface area contributed by atoms with Gasteiger partial charge in [-0.15, -0.1) is 0 Å². The van der Waals surface area contributed by atoms with Crippen molar-refractivity contribution >= 4 is 5.97 Å². The molecule has 0 aromatic carbocycles. The molecular formula is C10H20N2O2. The van der Waals surface area contributed by atoms with Crippen LogP contribution < -0.4 is 5.32 Å². The number of carboxylic acids is 1. The first-order valence-corrected chi connectivity index (χ1v) is 5.32. The molecule has 0 aromatic heterocycles. The number of carbonyl (C=O) groups is 1. The highest BCUT2D eigenvalue weighted by atomic mass is 16.4. The number of nitrogens with zero attached hydrogens (tertiary/aromatic N) is 1. The third-order valence-corrected chi connectivity index (χ3v) is 2.49. The summed E-state index contributed by atoms with van der Waals surface area (Å²) in [4.78, 5) is 12.9. The minimum absolute atomic E-state index is 0.114. The molecule has 2 unspecified atom stereocenters. The number of hydrogen-bond donors (Lipinski definition) is 2. The summed E-state index contributed by atoms with van der Waals surface area (Å²) in [6, 6.07) is 0.516. The molecule has 1 heterocycles. The predicted molar refractivity (Wildman–Crippen MR) is 55.4 cm³/mol. The fraction of sp³-hybridized carbons (Fsp3) is 0.900. The number of piperazine rings is 1. The van der Waals surface area contributed by atoms with Crippen LogP contribution in [0.15, 0.2) is 0 Å². The van der Waals surface area contributed by atoms with Gasteiger partial charge in [-0.05, 0) is 19.9 Å². The Morgan fingerprint density at radius 3 is 2.86 bits per heavy atom. The zero-order chi connectivity index (χ0) is 10.6. The van der Waals surface area contributed by atoms with Crippen molar-refractivity contribution < 1.29 is 9.90 Å². The second kappa shape index (κ2) is 5.32. The van der Waals surface area contributed by atoms with E-state index in [1.165, 1.54) is 0 Å². The van der Waals surface area contributed by atoms with Crippen LogP contribution >= 0.6 is 0 Å². The third kappa shape index (κ3) is 3.64. The highest BCUT2D eigenvalue weighted by Gasteiger charge is 2.24. The van der Waals surface area contributed by atoms with Gasteiger partial charge in [-0.1, -0.05) is 6.92 Å². The zero-order valence-electron chi connectivity index (χ0n) is 8.99. The van der Waals surface area contributed by atoms with E-state index >= 15 is 0 Å². The second-order valence-electron chi connectivity index (χ2n) is 4.12. The summed E-state index contributed by atoms with van der Waals surface area (Å²) >= 11 is 0. The Kier molecular flexibility index (Phi) is 4.35. The van der Waals surface area contributed by atoms with Gasteiger partial charge in [0.15, 0.2) is 0 Å². The standard InChI is InChI=1S/C10H20N2O2/c1-3-4-12-6-8(2)11-9(7-12)5-10(13)14/h8-9,11H,3-7H2,1-2H3,(H,13,14). The first-order valence-electron chi connectivity index (χ1n) is 5.32. The van der Waals surface area contributed by atoms with Gasteiger partial charge in [-0.25, -0.2) is 0 Å². The fourth-order valence-electron chi connectivity index (χ4n) is 2.11. The average molecular weight is 200 g/mol. The molecule has 1 rings (SSSR count). The molecule has 0 spiro atoms. The molecule has 0 radical (unpaired) electrons. The molecule has 0 saturated carbocycles. The largest absolute Gasteiger partial charge is 0.481 e. The highest BCUT2D eigenvalue weighted by molar-refractivity contribution is 5.67. The fourth-order valence-corrected chi connectivity index (χ4v) is 2.11. The molecular weight excluding hydrogens is 180 g/mol. The molecule has 82 valence electrons. The molecule has 2 atom stereocenters. The van der Waals surface area contributed by atoms with E-state index in [1.807, 2.05) is 0 Å². The Balaban J connectivity index is 2.41. The van der Waals surface area contributed by atoms with Crippen LogP contribution in [0, 0.1) is 0 Å². The molecule has 14 heavy (non-hydrogen) atoms. The Labute approximate surface area is 85.3 Å². The van der Waals surface area contributed by atoms with Gasteiger partial charge >= 0.3 is 5.97 Å². The van der Waals surface area contributed by atoms with Crippen LogP contribution in [-0.2, 0) is 4.79 Å². The first kappa shape index (κ1) is 11.5. The van der Waals surface area contributed by atoms with E-state index in [0.29, 0.717) is 6.04 Å². The van der Waals surface area contributed by atoms with Crippen molar-refractivity contribution in [1.82, 2.24) is 10.2 Å². The van der Waals surface area contributed by atoms with Crippen molar-refractivity contribution in [1.29, 1.82) is 0 Å². The minimum Gasteiger partial charge on any atom is -0.481 e. The number of nitrogens with one attached hydrogen (secondary N) is 1. The van der Waals surface area contributed by atoms with Crippen molar-refractivity contribution in [3.05, 3.63) is 0 Å². The molecule has 0 aliphatic carbocycles. The lowest BCUT2D eigenvalue weighted by Crippen LogP contribution is -2.55. The van der Waals surface area contributed by atoms with Crippen LogP contribution in [0.5, 0.6) is 0 Å². The zero-order valence-corrected chi connectivity index (χ0v) is 8.99. The summed E-state index contributed by atoms with van der Waals surface area (Å²) in [6.07, 6.45) is 1.36. The summed E-state index contributed by atoms with van der Waals surface area (Å²) in [5, 5.41) is 12.0. The van der Waals surface area contributed by atoms with Gasteiger partial charge in [-0.2, -0.15) is 0 Å². The van der Waals surface area contributed by atoms with Gasteiger partial charge in [0.1, 0.15) is 0 Å². The molecule has 1 aliphatic heterocycles. The Bertz CT molecular complexity index is 197. The van der Waals surface area contributed by atoms with Gasteiger partial charge in [-0.3, -0.25) is 4.79 Å². The molecule has 4 heteroatoms. The summed E-state index contributed by atoms with van der Waals surface area (Å²) in [5.41, 5.74) is 0. The maximum absolute atomic E-state index is 10.6. The van der Waals surface area contributed by atoms with E-state index in [-0.39, 0.29) is 12.5 Å². The number of hydrogen-bond acceptors (Lipinski definition) is 3. The van der Waals surface area contributed by atoms with Gasteiger partial charge in [0, 0.05) is 25.2 Å². The summed E-state index contributed by atoms with van der Waals surface area (Å²) in [5.74, 6) is -0.715. The Morgan fingerprint density at radius 2 is 2.29 bits per heavy atom. The second-order valence-corrected chi connectivity index (χ2v) is 4.12. The van der Waals surface area contributed by atoms with E-state index < -0.39 is 5.97 Å². The van der Waals surface area contributed by atoms with E-state index in [1.54, 1.807) is 0 Å². The van der Waals surface area contributed by atoms with Gasteiger partial charge in [0.2, 0.25) is 0 Å². The van der Waals surface area contributed by atoms with E-state index in [0.717, 1.165) is 26.1 Å². The maximum atomic E-state index is 10.6. The number of carboxylic acid groups (broad SMARTS) is 1. The quantitative estimate of drug-likeness (QED) is 0.695. The predicted octanol–water partition coefficient (Wildman–Crippen LogP) is 0.533. The average Bonchev–Trinajstić information content (AvgIpc) is 2.01. The van der Waals surface area contributed by atoms with Crippen molar-refractivity contribution in [2.24, 2.45) is 0 Å². The van der Waals surface area contributed by atoms with Crippen molar-refractivity contribution in [3.63, 3.8) is 0 Å². The number of aliphatic carboxylic acids is 1. The molecule has 2 N–H and O–H groups in total. The van der Waals surface area contributed by atoms with E-state index in [4.69, 9.17) is 5.11 Å². The summed E-state index contributed by atoms with van der Waals surface area (Å²) in [7, 11) is 0. The van der Waals surface area contributed by atoms with Crippen molar-refractivity contribution in [2.75, 3.05) is 19.6 Å². The van der Waals surface area contributed by atoms with Crippen LogP contribution in [0.2, 0.25) is 0 Å². The minimum atomic E-state index is -0.715. The van der Waals surface area contributed by atoms with Crippen LogP contribution in [-0.4, -0.2) is 47.7 Å². The molecule has 1 fully saturated rings. The molecule has 0 amide bonds. The van der Waals surface area contributed by atoms with Crippen LogP contribution in [0.25, 0.3) is 0 Å². The number of rotatable bonds is 4. The van der Waals surface area contributed by atoms with Crippen LogP contribution in [0.1, 0.15) is 26.7 Å². The van der Waals surface area contributed by atoms with Gasteiger partial charge in [0.05, 0.1) is 6.42 Å². The lowest BCUT2D eigenvalue weighted by atomic mass is 10.1. The molecule has 1 aliphatic rings. The van der Waals surface area contributed by atoms with Crippen LogP contribution in [0.4, 0.5) is 0 Å². The topological polar surface area (TPSA) is 52.6 Å².